The molecule has 0 saturated carbocycles. The quantitative estimate of drug-likeness (QED) is 0.699. The normalized spacial score (nSPS) is 11.8. The van der Waals surface area contributed by atoms with E-state index in [1.54, 1.807) is 6.92 Å². The first kappa shape index (κ1) is 20.0. The Morgan fingerprint density at radius 3 is 2.08 bits per heavy atom. The monoisotopic (exact) mass is 400 g/mol. The Kier molecular flexibility index (Phi) is 6.11. The summed E-state index contributed by atoms with van der Waals surface area (Å²) < 4.78 is 64.0. The third-order valence-corrected chi connectivity index (χ3v) is 6.39. The van der Waals surface area contributed by atoms with Gasteiger partial charge < -0.3 is 9.47 Å². The summed E-state index contributed by atoms with van der Waals surface area (Å²) in [7, 11) is -4.72. The lowest BCUT2D eigenvalue weighted by Gasteiger charge is -2.13. The maximum absolute atomic E-state index is 12.6. The lowest BCUT2D eigenvalue weighted by Crippen LogP contribution is -2.23. The van der Waals surface area contributed by atoms with E-state index < -0.39 is 20.0 Å². The van der Waals surface area contributed by atoms with Gasteiger partial charge in [0.25, 0.3) is 10.0 Å². The third kappa shape index (κ3) is 4.45. The largest absolute Gasteiger partial charge is 0.497 e. The second kappa shape index (κ2) is 7.94. The molecule has 0 bridgehead atoms. The van der Waals surface area contributed by atoms with Gasteiger partial charge in [-0.2, -0.15) is 0 Å². The van der Waals surface area contributed by atoms with Crippen molar-refractivity contribution in [3.05, 3.63) is 42.5 Å². The van der Waals surface area contributed by atoms with Gasteiger partial charge in [0.15, 0.2) is 0 Å². The Morgan fingerprint density at radius 1 is 0.885 bits per heavy atom. The second-order valence-electron chi connectivity index (χ2n) is 5.15. The lowest BCUT2D eigenvalue weighted by atomic mass is 10.3. The van der Waals surface area contributed by atoms with E-state index in [1.807, 2.05) is 0 Å². The van der Waals surface area contributed by atoms with Crippen LogP contribution in [0.1, 0.15) is 6.92 Å². The highest BCUT2D eigenvalue weighted by Gasteiger charge is 2.21. The molecule has 0 heterocycles. The zero-order valence-corrected chi connectivity index (χ0v) is 16.1. The summed E-state index contributed by atoms with van der Waals surface area (Å²) in [6.45, 7) is 1.93. The minimum atomic E-state index is -3.94. The molecule has 10 heteroatoms. The van der Waals surface area contributed by atoms with Crippen LogP contribution in [0.5, 0.6) is 11.5 Å². The van der Waals surface area contributed by atoms with Gasteiger partial charge in [0.1, 0.15) is 16.4 Å². The van der Waals surface area contributed by atoms with Crippen molar-refractivity contribution in [3.8, 4) is 11.5 Å². The van der Waals surface area contributed by atoms with Crippen LogP contribution in [0, 0.1) is 0 Å². The molecule has 0 aliphatic rings. The number of hydrogen-bond acceptors (Lipinski definition) is 6. The average molecular weight is 400 g/mol. The molecule has 2 N–H and O–H groups in total. The van der Waals surface area contributed by atoms with E-state index in [-0.39, 0.29) is 27.8 Å². The van der Waals surface area contributed by atoms with Gasteiger partial charge in [-0.25, -0.2) is 21.6 Å². The molecule has 2 rings (SSSR count). The summed E-state index contributed by atoms with van der Waals surface area (Å²) in [4.78, 5) is -0.0190. The molecule has 2 aromatic rings. The predicted octanol–water partition coefficient (Wildman–Crippen LogP) is 1.80. The van der Waals surface area contributed by atoms with Crippen molar-refractivity contribution in [2.45, 2.75) is 16.7 Å². The van der Waals surface area contributed by atoms with E-state index in [0.29, 0.717) is 5.75 Å². The van der Waals surface area contributed by atoms with Gasteiger partial charge in [0.05, 0.1) is 19.1 Å². The molecule has 0 radical (unpaired) electrons. The van der Waals surface area contributed by atoms with Gasteiger partial charge in [0, 0.05) is 18.3 Å². The van der Waals surface area contributed by atoms with Gasteiger partial charge in [-0.1, -0.05) is 6.92 Å². The van der Waals surface area contributed by atoms with E-state index >= 15 is 0 Å². The Labute approximate surface area is 153 Å². The van der Waals surface area contributed by atoms with Crippen LogP contribution in [0.2, 0.25) is 0 Å². The molecule has 0 fully saturated rings. The topological polar surface area (TPSA) is 111 Å². The summed E-state index contributed by atoms with van der Waals surface area (Å²) >= 11 is 0. The van der Waals surface area contributed by atoms with E-state index in [9.17, 15) is 16.8 Å². The molecular weight excluding hydrogens is 380 g/mol. The van der Waals surface area contributed by atoms with Gasteiger partial charge in [0.2, 0.25) is 10.0 Å². The molecule has 26 heavy (non-hydrogen) atoms. The smallest absolute Gasteiger partial charge is 0.265 e. The van der Waals surface area contributed by atoms with Crippen LogP contribution in [-0.4, -0.2) is 37.6 Å². The molecule has 0 aliphatic carbocycles. The van der Waals surface area contributed by atoms with Crippen LogP contribution >= 0.6 is 0 Å². The molecule has 0 aromatic heterocycles. The Hall–Kier alpha value is -2.30. The average Bonchev–Trinajstić information content (AvgIpc) is 2.61. The molecule has 0 amide bonds. The van der Waals surface area contributed by atoms with Gasteiger partial charge in [-0.05, 0) is 36.4 Å². The molecule has 142 valence electrons. The first-order valence-electron chi connectivity index (χ1n) is 7.58. The molecule has 0 aliphatic heterocycles. The maximum Gasteiger partial charge on any atom is 0.265 e. The first-order chi connectivity index (χ1) is 12.2. The summed E-state index contributed by atoms with van der Waals surface area (Å²) in [6.07, 6.45) is 0. The summed E-state index contributed by atoms with van der Waals surface area (Å²) in [5.74, 6) is 0.585. The molecule has 0 atom stereocenters. The molecule has 8 nitrogen and oxygen atoms in total. The van der Waals surface area contributed by atoms with Crippen LogP contribution in [-0.2, 0) is 20.0 Å². The Morgan fingerprint density at radius 2 is 1.54 bits per heavy atom. The zero-order chi connectivity index (χ0) is 19.4. The molecular formula is C16H20N2O6S2. The highest BCUT2D eigenvalue weighted by Crippen LogP contribution is 2.29. The number of rotatable bonds is 8. The van der Waals surface area contributed by atoms with Crippen molar-refractivity contribution < 1.29 is 26.3 Å². The number of ether oxygens (including phenoxy) is 2. The fourth-order valence-electron chi connectivity index (χ4n) is 2.18. The van der Waals surface area contributed by atoms with Crippen molar-refractivity contribution in [2.75, 3.05) is 25.5 Å². The lowest BCUT2D eigenvalue weighted by molar-refractivity contribution is 0.386. The molecule has 0 saturated heterocycles. The summed E-state index contributed by atoms with van der Waals surface area (Å²) in [5.41, 5.74) is 0.221. The number of anilines is 1. The number of hydrogen-bond donors (Lipinski definition) is 2. The van der Waals surface area contributed by atoms with Crippen molar-refractivity contribution >= 4 is 25.7 Å². The van der Waals surface area contributed by atoms with Crippen LogP contribution in [0.25, 0.3) is 0 Å². The maximum atomic E-state index is 12.6. The zero-order valence-electron chi connectivity index (χ0n) is 14.5. The third-order valence-electron chi connectivity index (χ3n) is 3.41. The van der Waals surface area contributed by atoms with Gasteiger partial charge in [-0.3, -0.25) is 4.72 Å². The Balaban J connectivity index is 2.30. The number of nitrogens with one attached hydrogen (secondary N) is 2. The molecule has 0 unspecified atom stereocenters. The minimum Gasteiger partial charge on any atom is -0.497 e. The highest BCUT2D eigenvalue weighted by atomic mass is 32.2. The summed E-state index contributed by atoms with van der Waals surface area (Å²) in [5, 5.41) is 0. The SMILES string of the molecule is CCNS(=O)(=O)c1ccc(NS(=O)(=O)c2ccc(OC)cc2OC)cc1. The molecule has 2 aromatic carbocycles. The first-order valence-corrected chi connectivity index (χ1v) is 10.5. The van der Waals surface area contributed by atoms with E-state index in [2.05, 4.69) is 9.44 Å². The highest BCUT2D eigenvalue weighted by molar-refractivity contribution is 7.92. The number of sulfonamides is 2. The Bertz CT molecular complexity index is 970. The second-order valence-corrected chi connectivity index (χ2v) is 8.57. The van der Waals surface area contributed by atoms with Crippen LogP contribution in [0.4, 0.5) is 5.69 Å². The predicted molar refractivity (Wildman–Crippen MR) is 97.7 cm³/mol. The van der Waals surface area contributed by atoms with Crippen molar-refractivity contribution in [3.63, 3.8) is 0 Å². The van der Waals surface area contributed by atoms with Crippen molar-refractivity contribution in [2.24, 2.45) is 0 Å². The number of methoxy groups -OCH3 is 2. The summed E-state index contributed by atoms with van der Waals surface area (Å²) in [6, 6.07) is 9.71. The fourth-order valence-corrected chi connectivity index (χ4v) is 4.43. The van der Waals surface area contributed by atoms with E-state index in [0.717, 1.165) is 0 Å². The van der Waals surface area contributed by atoms with Gasteiger partial charge >= 0.3 is 0 Å². The van der Waals surface area contributed by atoms with E-state index in [1.165, 1.54) is 56.7 Å². The van der Waals surface area contributed by atoms with Crippen molar-refractivity contribution in [1.29, 1.82) is 0 Å². The molecule has 0 spiro atoms. The van der Waals surface area contributed by atoms with Crippen molar-refractivity contribution in [1.82, 2.24) is 4.72 Å². The standard InChI is InChI=1S/C16H20N2O6S2/c1-4-17-25(19,20)14-8-5-12(6-9-14)18-26(21,22)16-10-7-13(23-2)11-15(16)24-3/h5-11,17-18H,4H2,1-3H3. The van der Waals surface area contributed by atoms with Crippen LogP contribution < -0.4 is 18.9 Å². The minimum absolute atomic E-state index is 0.0457. The van der Waals surface area contributed by atoms with Crippen LogP contribution in [0.15, 0.2) is 52.3 Å². The fraction of sp³-hybridized carbons (Fsp3) is 0.250. The van der Waals surface area contributed by atoms with E-state index in [4.69, 9.17) is 9.47 Å². The van der Waals surface area contributed by atoms with Crippen LogP contribution in [0.3, 0.4) is 0 Å². The number of benzene rings is 2. The van der Waals surface area contributed by atoms with Gasteiger partial charge in [-0.15, -0.1) is 0 Å².